The first-order valence-electron chi connectivity index (χ1n) is 6.93. The highest BCUT2D eigenvalue weighted by atomic mass is 32.2. The van der Waals surface area contributed by atoms with Gasteiger partial charge in [-0.2, -0.15) is 0 Å². The molecule has 3 nitrogen and oxygen atoms in total. The molecule has 0 radical (unpaired) electrons. The third kappa shape index (κ3) is 4.04. The van der Waals surface area contributed by atoms with E-state index in [1.165, 1.54) is 19.3 Å². The Bertz CT molecular complexity index is 254. The number of hydrogen-bond acceptors (Lipinski definition) is 3. The van der Waals surface area contributed by atoms with Crippen LogP contribution in [0, 0.1) is 5.92 Å². The lowest BCUT2D eigenvalue weighted by molar-refractivity contribution is 0.128. The van der Waals surface area contributed by atoms with Gasteiger partial charge in [-0.05, 0) is 45.1 Å². The van der Waals surface area contributed by atoms with Crippen LogP contribution in [-0.2, 0) is 15.5 Å². The molecule has 2 aliphatic rings. The van der Waals surface area contributed by atoms with Gasteiger partial charge in [0.2, 0.25) is 0 Å². The Morgan fingerprint density at radius 1 is 1.29 bits per heavy atom. The van der Waals surface area contributed by atoms with Gasteiger partial charge in [-0.25, -0.2) is 0 Å². The number of nitrogens with one attached hydrogen (secondary N) is 1. The van der Waals surface area contributed by atoms with Gasteiger partial charge in [-0.15, -0.1) is 0 Å². The quantitative estimate of drug-likeness (QED) is 0.789. The Kier molecular flexibility index (Phi) is 5.45. The minimum absolute atomic E-state index is 0.277. The number of hydrogen-bond donors (Lipinski definition) is 1. The molecule has 4 unspecified atom stereocenters. The van der Waals surface area contributed by atoms with Crippen molar-refractivity contribution in [2.45, 2.75) is 50.7 Å². The molecule has 1 saturated carbocycles. The second-order valence-electron chi connectivity index (χ2n) is 5.32. The van der Waals surface area contributed by atoms with Crippen molar-refractivity contribution in [3.8, 4) is 0 Å². The summed E-state index contributed by atoms with van der Waals surface area (Å²) in [4.78, 5) is 0. The van der Waals surface area contributed by atoms with Crippen LogP contribution in [0.4, 0.5) is 0 Å². The van der Waals surface area contributed by atoms with Gasteiger partial charge in [-0.1, -0.05) is 6.42 Å². The van der Waals surface area contributed by atoms with Crippen LogP contribution in [0.1, 0.15) is 38.5 Å². The van der Waals surface area contributed by atoms with Crippen LogP contribution < -0.4 is 5.32 Å². The highest BCUT2D eigenvalue weighted by Gasteiger charge is 2.26. The molecule has 0 spiro atoms. The van der Waals surface area contributed by atoms with Crippen molar-refractivity contribution >= 4 is 10.8 Å². The van der Waals surface area contributed by atoms with E-state index in [1.54, 1.807) is 0 Å². The minimum atomic E-state index is -0.676. The first-order valence-corrected chi connectivity index (χ1v) is 8.42. The molecule has 1 aliphatic heterocycles. The minimum Gasteiger partial charge on any atom is -0.377 e. The van der Waals surface area contributed by atoms with Gasteiger partial charge in [0.25, 0.3) is 0 Å². The van der Waals surface area contributed by atoms with E-state index >= 15 is 0 Å². The summed E-state index contributed by atoms with van der Waals surface area (Å²) in [5.74, 6) is 2.37. The van der Waals surface area contributed by atoms with Gasteiger partial charge >= 0.3 is 0 Å². The predicted octanol–water partition coefficient (Wildman–Crippen LogP) is 1.69. The summed E-state index contributed by atoms with van der Waals surface area (Å²) >= 11 is 0. The molecule has 2 fully saturated rings. The number of ether oxygens (including phenoxy) is 1. The SMILES string of the molecule is CNC1CCCC1CCS(=O)CC1CCCO1. The molecule has 1 heterocycles. The molecule has 2 rings (SSSR count). The van der Waals surface area contributed by atoms with Gasteiger partial charge < -0.3 is 10.1 Å². The van der Waals surface area contributed by atoms with Gasteiger partial charge in [0, 0.05) is 35.0 Å². The van der Waals surface area contributed by atoms with Crippen molar-refractivity contribution < 1.29 is 8.95 Å². The molecular formula is C13H25NO2S. The summed E-state index contributed by atoms with van der Waals surface area (Å²) in [7, 11) is 1.37. The topological polar surface area (TPSA) is 38.3 Å². The zero-order valence-electron chi connectivity index (χ0n) is 10.8. The largest absolute Gasteiger partial charge is 0.377 e. The Morgan fingerprint density at radius 3 is 2.88 bits per heavy atom. The molecule has 0 bridgehead atoms. The molecule has 0 amide bonds. The van der Waals surface area contributed by atoms with Crippen molar-refractivity contribution in [1.29, 1.82) is 0 Å². The van der Waals surface area contributed by atoms with Crippen LogP contribution in [0.5, 0.6) is 0 Å². The molecule has 1 N–H and O–H groups in total. The summed E-state index contributed by atoms with van der Waals surface area (Å²) in [5, 5.41) is 3.39. The number of rotatable bonds is 6. The molecule has 4 heteroatoms. The smallest absolute Gasteiger partial charge is 0.0691 e. The normalized spacial score (nSPS) is 35.2. The van der Waals surface area contributed by atoms with Gasteiger partial charge in [-0.3, -0.25) is 4.21 Å². The molecule has 0 aromatic heterocycles. The van der Waals surface area contributed by atoms with Crippen molar-refractivity contribution in [2.75, 3.05) is 25.2 Å². The fourth-order valence-corrected chi connectivity index (χ4v) is 4.52. The van der Waals surface area contributed by atoms with Crippen LogP contribution in [-0.4, -0.2) is 41.5 Å². The monoisotopic (exact) mass is 259 g/mol. The average Bonchev–Trinajstić information content (AvgIpc) is 2.96. The van der Waals surface area contributed by atoms with Gasteiger partial charge in [0.1, 0.15) is 0 Å². The maximum Gasteiger partial charge on any atom is 0.0691 e. The van der Waals surface area contributed by atoms with Crippen LogP contribution in [0.2, 0.25) is 0 Å². The van der Waals surface area contributed by atoms with Crippen LogP contribution in [0.25, 0.3) is 0 Å². The van der Waals surface area contributed by atoms with E-state index in [-0.39, 0.29) is 6.10 Å². The van der Waals surface area contributed by atoms with Crippen molar-refractivity contribution in [3.05, 3.63) is 0 Å². The fourth-order valence-electron chi connectivity index (χ4n) is 3.11. The van der Waals surface area contributed by atoms with E-state index in [0.717, 1.165) is 43.3 Å². The van der Waals surface area contributed by atoms with Gasteiger partial charge in [0.15, 0.2) is 0 Å². The Hall–Kier alpha value is 0.0700. The maximum absolute atomic E-state index is 12.0. The van der Waals surface area contributed by atoms with Crippen molar-refractivity contribution in [3.63, 3.8) is 0 Å². The standard InChI is InChI=1S/C13H25NO2S/c1-14-13-6-2-4-11(13)7-9-17(15)10-12-5-3-8-16-12/h11-14H,2-10H2,1H3. The zero-order valence-corrected chi connectivity index (χ0v) is 11.6. The first kappa shape index (κ1) is 13.5. The Morgan fingerprint density at radius 2 is 2.18 bits per heavy atom. The van der Waals surface area contributed by atoms with Gasteiger partial charge in [0.05, 0.1) is 6.10 Å². The van der Waals surface area contributed by atoms with E-state index in [2.05, 4.69) is 5.32 Å². The van der Waals surface area contributed by atoms with E-state index in [0.29, 0.717) is 6.04 Å². The second kappa shape index (κ2) is 6.86. The van der Waals surface area contributed by atoms with E-state index in [9.17, 15) is 4.21 Å². The zero-order chi connectivity index (χ0) is 12.1. The summed E-state index contributed by atoms with van der Waals surface area (Å²) in [5.41, 5.74) is 0. The average molecular weight is 259 g/mol. The summed E-state index contributed by atoms with van der Waals surface area (Å²) in [6.45, 7) is 0.867. The van der Waals surface area contributed by atoms with Crippen molar-refractivity contribution in [2.24, 2.45) is 5.92 Å². The molecular weight excluding hydrogens is 234 g/mol. The van der Waals surface area contributed by atoms with Crippen LogP contribution in [0.3, 0.4) is 0 Å². The lowest BCUT2D eigenvalue weighted by atomic mass is 10.0. The Labute approximate surface area is 107 Å². The Balaban J connectivity index is 1.65. The maximum atomic E-state index is 12.0. The molecule has 100 valence electrons. The van der Waals surface area contributed by atoms with E-state index in [1.807, 2.05) is 7.05 Å². The molecule has 0 aromatic carbocycles. The van der Waals surface area contributed by atoms with Crippen molar-refractivity contribution in [1.82, 2.24) is 5.32 Å². The molecule has 0 aromatic rings. The predicted molar refractivity (Wildman–Crippen MR) is 71.7 cm³/mol. The molecule has 1 saturated heterocycles. The third-order valence-corrected chi connectivity index (χ3v) is 5.58. The lowest BCUT2D eigenvalue weighted by Crippen LogP contribution is -2.30. The van der Waals surface area contributed by atoms with E-state index < -0.39 is 10.8 Å². The third-order valence-electron chi connectivity index (χ3n) is 4.14. The summed E-state index contributed by atoms with van der Waals surface area (Å²) in [6.07, 6.45) is 7.57. The lowest BCUT2D eigenvalue weighted by Gasteiger charge is -2.18. The molecule has 17 heavy (non-hydrogen) atoms. The second-order valence-corrected chi connectivity index (χ2v) is 6.94. The fraction of sp³-hybridized carbons (Fsp3) is 1.00. The molecule has 4 atom stereocenters. The van der Waals surface area contributed by atoms with Crippen LogP contribution >= 0.6 is 0 Å². The first-order chi connectivity index (χ1) is 8.29. The highest BCUT2D eigenvalue weighted by molar-refractivity contribution is 7.85. The highest BCUT2D eigenvalue weighted by Crippen LogP contribution is 2.28. The van der Waals surface area contributed by atoms with E-state index in [4.69, 9.17) is 4.74 Å². The van der Waals surface area contributed by atoms with Crippen LogP contribution in [0.15, 0.2) is 0 Å². The summed E-state index contributed by atoms with van der Waals surface area (Å²) in [6, 6.07) is 0.662. The molecule has 1 aliphatic carbocycles. The summed E-state index contributed by atoms with van der Waals surface area (Å²) < 4.78 is 17.5.